The van der Waals surface area contributed by atoms with Crippen molar-refractivity contribution in [2.24, 2.45) is 0 Å². The molecule has 0 bridgehead atoms. The average molecular weight is 349 g/mol. The second-order valence-corrected chi connectivity index (χ2v) is 5.93. The molecule has 6 nitrogen and oxygen atoms in total. The van der Waals surface area contributed by atoms with Crippen molar-refractivity contribution >= 4 is 29.1 Å². The molecule has 1 aliphatic rings. The Balaban J connectivity index is 1.47. The Kier molecular flexibility index (Phi) is 5.12. The summed E-state index contributed by atoms with van der Waals surface area (Å²) in [6.45, 7) is 0.323. The minimum absolute atomic E-state index is 0.258. The van der Waals surface area contributed by atoms with E-state index in [2.05, 4.69) is 5.32 Å². The first-order valence-corrected chi connectivity index (χ1v) is 8.35. The van der Waals surface area contributed by atoms with Gasteiger partial charge in [0.15, 0.2) is 0 Å². The monoisotopic (exact) mass is 349 g/mol. The molecule has 6 heteroatoms. The fourth-order valence-corrected chi connectivity index (χ4v) is 2.79. The van der Waals surface area contributed by atoms with Crippen molar-refractivity contribution in [3.05, 3.63) is 71.8 Å². The molecule has 3 N–H and O–H groups in total. The number of hydrogen-bond acceptors (Lipinski definition) is 4. The van der Waals surface area contributed by atoms with Gasteiger partial charge < -0.3 is 11.1 Å². The van der Waals surface area contributed by atoms with Gasteiger partial charge in [0.1, 0.15) is 0 Å². The summed E-state index contributed by atoms with van der Waals surface area (Å²) >= 11 is 0. The van der Waals surface area contributed by atoms with Crippen molar-refractivity contribution < 1.29 is 14.4 Å². The van der Waals surface area contributed by atoms with Crippen LogP contribution in [-0.2, 0) is 4.79 Å². The van der Waals surface area contributed by atoms with E-state index in [-0.39, 0.29) is 17.7 Å². The molecule has 0 atom stereocenters. The molecule has 3 rings (SSSR count). The number of carbonyl (C=O) groups is 3. The van der Waals surface area contributed by atoms with Crippen molar-refractivity contribution in [2.45, 2.75) is 12.8 Å². The van der Waals surface area contributed by atoms with Gasteiger partial charge in [-0.3, -0.25) is 19.3 Å². The van der Waals surface area contributed by atoms with Gasteiger partial charge in [-0.2, -0.15) is 0 Å². The summed E-state index contributed by atoms with van der Waals surface area (Å²) in [6, 6.07) is 13.8. The number of nitrogens with two attached hydrogens (primary N) is 1. The van der Waals surface area contributed by atoms with Gasteiger partial charge in [0.05, 0.1) is 22.5 Å². The Hall–Kier alpha value is -3.41. The lowest BCUT2D eigenvalue weighted by molar-refractivity contribution is -0.111. The maximum Gasteiger partial charge on any atom is 0.261 e. The molecule has 0 saturated heterocycles. The first-order valence-electron chi connectivity index (χ1n) is 8.35. The molecule has 0 radical (unpaired) electrons. The molecule has 1 heterocycles. The third kappa shape index (κ3) is 3.64. The largest absolute Gasteiger partial charge is 0.397 e. The molecule has 3 amide bonds. The average Bonchev–Trinajstić information content (AvgIpc) is 2.88. The van der Waals surface area contributed by atoms with Crippen molar-refractivity contribution in [1.29, 1.82) is 0 Å². The summed E-state index contributed by atoms with van der Waals surface area (Å²) in [5.74, 6) is -0.789. The minimum Gasteiger partial charge on any atom is -0.397 e. The summed E-state index contributed by atoms with van der Waals surface area (Å²) in [5.41, 5.74) is 7.74. The second kappa shape index (κ2) is 7.65. The van der Waals surface area contributed by atoms with Gasteiger partial charge in [-0.1, -0.05) is 30.3 Å². The van der Waals surface area contributed by atoms with Crippen LogP contribution < -0.4 is 11.1 Å². The van der Waals surface area contributed by atoms with Gasteiger partial charge in [-0.05, 0) is 43.2 Å². The van der Waals surface area contributed by atoms with E-state index in [1.165, 1.54) is 11.0 Å². The SMILES string of the molecule is Nc1ccccc1NC(=O)/C=C/CCCN1C(=O)c2ccccc2C1=O. The van der Waals surface area contributed by atoms with E-state index >= 15 is 0 Å². The molecule has 1 aliphatic heterocycles. The van der Waals surface area contributed by atoms with E-state index in [0.717, 1.165) is 0 Å². The second-order valence-electron chi connectivity index (χ2n) is 5.93. The lowest BCUT2D eigenvalue weighted by atomic mass is 10.1. The molecule has 0 saturated carbocycles. The van der Waals surface area contributed by atoms with Crippen LogP contribution in [0.1, 0.15) is 33.6 Å². The number of para-hydroxylation sites is 2. The lowest BCUT2D eigenvalue weighted by Gasteiger charge is -2.12. The van der Waals surface area contributed by atoms with Crippen LogP contribution in [0.2, 0.25) is 0 Å². The van der Waals surface area contributed by atoms with E-state index in [1.54, 1.807) is 54.6 Å². The van der Waals surface area contributed by atoms with Gasteiger partial charge in [0.2, 0.25) is 5.91 Å². The normalized spacial score (nSPS) is 13.3. The smallest absolute Gasteiger partial charge is 0.261 e. The third-order valence-electron chi connectivity index (χ3n) is 4.12. The van der Waals surface area contributed by atoms with Gasteiger partial charge >= 0.3 is 0 Å². The molecule has 0 aromatic heterocycles. The maximum absolute atomic E-state index is 12.2. The van der Waals surface area contributed by atoms with Crippen molar-refractivity contribution in [3.63, 3.8) is 0 Å². The van der Waals surface area contributed by atoms with Crippen molar-refractivity contribution in [1.82, 2.24) is 4.90 Å². The minimum atomic E-state index is -0.274. The number of imide groups is 1. The van der Waals surface area contributed by atoms with Crippen LogP contribution in [0.5, 0.6) is 0 Å². The maximum atomic E-state index is 12.2. The highest BCUT2D eigenvalue weighted by atomic mass is 16.2. The number of nitrogens with one attached hydrogen (secondary N) is 1. The van der Waals surface area contributed by atoms with Crippen LogP contribution in [0.15, 0.2) is 60.7 Å². The highest BCUT2D eigenvalue weighted by Crippen LogP contribution is 2.22. The van der Waals surface area contributed by atoms with Crippen LogP contribution in [-0.4, -0.2) is 29.2 Å². The van der Waals surface area contributed by atoms with Crippen LogP contribution >= 0.6 is 0 Å². The summed E-state index contributed by atoms with van der Waals surface area (Å²) in [5, 5.41) is 2.70. The number of hydrogen-bond donors (Lipinski definition) is 2. The highest BCUT2D eigenvalue weighted by Gasteiger charge is 2.34. The Labute approximate surface area is 151 Å². The number of carbonyl (C=O) groups excluding carboxylic acids is 3. The van der Waals surface area contributed by atoms with Crippen LogP contribution in [0.4, 0.5) is 11.4 Å². The molecule has 26 heavy (non-hydrogen) atoms. The number of nitrogen functional groups attached to an aromatic ring is 1. The zero-order valence-electron chi connectivity index (χ0n) is 14.1. The number of allylic oxidation sites excluding steroid dienone is 1. The molecule has 0 aliphatic carbocycles. The number of nitrogens with zero attached hydrogens (tertiary/aromatic N) is 1. The molecule has 0 spiro atoms. The number of anilines is 2. The Bertz CT molecular complexity index is 854. The molecular weight excluding hydrogens is 330 g/mol. The van der Waals surface area contributed by atoms with Crippen LogP contribution in [0.25, 0.3) is 0 Å². The molecule has 2 aromatic carbocycles. The fraction of sp³-hybridized carbons (Fsp3) is 0.150. The zero-order valence-corrected chi connectivity index (χ0v) is 14.1. The summed E-state index contributed by atoms with van der Waals surface area (Å²) < 4.78 is 0. The number of benzene rings is 2. The molecule has 2 aromatic rings. The highest BCUT2D eigenvalue weighted by molar-refractivity contribution is 6.21. The van der Waals surface area contributed by atoms with Crippen LogP contribution in [0.3, 0.4) is 0 Å². The number of unbranched alkanes of at least 4 members (excludes halogenated alkanes) is 1. The predicted molar refractivity (Wildman–Crippen MR) is 99.7 cm³/mol. The van der Waals surface area contributed by atoms with Gasteiger partial charge in [-0.25, -0.2) is 0 Å². The standard InChI is InChI=1S/C20H19N3O3/c21-16-10-5-6-11-17(16)22-18(24)12-2-1-7-13-23-19(25)14-8-3-4-9-15(14)20(23)26/h2-6,8-12H,1,7,13,21H2,(H,22,24)/b12-2+. The predicted octanol–water partition coefficient (Wildman–Crippen LogP) is 2.84. The van der Waals surface area contributed by atoms with Gasteiger partial charge in [0, 0.05) is 6.54 Å². The lowest BCUT2D eigenvalue weighted by Crippen LogP contribution is -2.30. The summed E-state index contributed by atoms with van der Waals surface area (Å²) in [6.07, 6.45) is 4.30. The van der Waals surface area contributed by atoms with Crippen molar-refractivity contribution in [3.8, 4) is 0 Å². The Morgan fingerprint density at radius 1 is 1.00 bits per heavy atom. The first kappa shape index (κ1) is 17.4. The molecule has 0 unspecified atom stereocenters. The van der Waals surface area contributed by atoms with E-state index in [1.807, 2.05) is 0 Å². The quantitative estimate of drug-likeness (QED) is 0.363. The van der Waals surface area contributed by atoms with Crippen molar-refractivity contribution in [2.75, 3.05) is 17.6 Å². The van der Waals surface area contributed by atoms with Gasteiger partial charge in [-0.15, -0.1) is 0 Å². The summed E-state index contributed by atoms with van der Waals surface area (Å²) in [4.78, 5) is 37.6. The zero-order chi connectivity index (χ0) is 18.5. The Morgan fingerprint density at radius 2 is 1.62 bits per heavy atom. The van der Waals surface area contributed by atoms with Crippen LogP contribution in [0, 0.1) is 0 Å². The molecule has 0 fully saturated rings. The fourth-order valence-electron chi connectivity index (χ4n) is 2.79. The summed E-state index contributed by atoms with van der Waals surface area (Å²) in [7, 11) is 0. The topological polar surface area (TPSA) is 92.5 Å². The third-order valence-corrected chi connectivity index (χ3v) is 4.12. The number of amides is 3. The molecular formula is C20H19N3O3. The van der Waals surface area contributed by atoms with E-state index in [4.69, 9.17) is 5.73 Å². The Morgan fingerprint density at radius 3 is 2.27 bits per heavy atom. The van der Waals surface area contributed by atoms with E-state index < -0.39 is 0 Å². The van der Waals surface area contributed by atoms with E-state index in [9.17, 15) is 14.4 Å². The van der Waals surface area contributed by atoms with Gasteiger partial charge in [0.25, 0.3) is 11.8 Å². The first-order chi connectivity index (χ1) is 12.6. The molecule has 132 valence electrons. The van der Waals surface area contributed by atoms with E-state index in [0.29, 0.717) is 41.9 Å². The number of rotatable bonds is 6. The number of fused-ring (bicyclic) bond motifs is 1.